The van der Waals surface area contributed by atoms with Gasteiger partial charge in [0.05, 0.1) is 4.92 Å². The van der Waals surface area contributed by atoms with E-state index in [2.05, 4.69) is 0 Å². The van der Waals surface area contributed by atoms with Crippen LogP contribution in [0.25, 0.3) is 0 Å². The van der Waals surface area contributed by atoms with Crippen LogP contribution in [0.4, 0.5) is 20.2 Å². The van der Waals surface area contributed by atoms with Gasteiger partial charge in [0.2, 0.25) is 5.91 Å². The van der Waals surface area contributed by atoms with Crippen molar-refractivity contribution in [3.8, 4) is 0 Å². The number of carbonyl (C=O) groups is 1. The largest absolute Gasteiger partial charge is 0.396 e. The van der Waals surface area contributed by atoms with Gasteiger partial charge in [0.15, 0.2) is 17.3 Å². The lowest BCUT2D eigenvalue weighted by Crippen LogP contribution is -2.15. The minimum Gasteiger partial charge on any atom is -0.396 e. The number of rotatable bonds is 5. The van der Waals surface area contributed by atoms with Crippen LogP contribution in [0.3, 0.4) is 0 Å². The number of anilines is 1. The molecular weight excluding hydrogens is 250 g/mol. The predicted octanol–water partition coefficient (Wildman–Crippen LogP) is 1.58. The number of amides is 1. The first kappa shape index (κ1) is 14.0. The number of nitro groups is 1. The van der Waals surface area contributed by atoms with Gasteiger partial charge in [-0.3, -0.25) is 14.9 Å². The van der Waals surface area contributed by atoms with Crippen molar-refractivity contribution >= 4 is 17.3 Å². The van der Waals surface area contributed by atoms with E-state index in [1.807, 2.05) is 5.32 Å². The normalized spacial score (nSPS) is 10.2. The van der Waals surface area contributed by atoms with E-state index in [1.54, 1.807) is 0 Å². The van der Waals surface area contributed by atoms with E-state index in [0.29, 0.717) is 6.07 Å². The quantitative estimate of drug-likeness (QED) is 0.621. The second kappa shape index (κ2) is 6.01. The number of aliphatic hydroxyl groups is 1. The fourth-order valence-electron chi connectivity index (χ4n) is 1.25. The molecule has 0 radical (unpaired) electrons. The van der Waals surface area contributed by atoms with E-state index in [0.717, 1.165) is 6.07 Å². The summed E-state index contributed by atoms with van der Waals surface area (Å²) in [5, 5.41) is 21.0. The summed E-state index contributed by atoms with van der Waals surface area (Å²) >= 11 is 0. The second-order valence-electron chi connectivity index (χ2n) is 3.39. The first-order valence-corrected chi connectivity index (χ1v) is 5.00. The zero-order chi connectivity index (χ0) is 13.7. The standard InChI is InChI=1S/C10H10F2N2O4/c11-6-3-4-7(14(17)18)10(9(6)12)13-8(16)2-1-5-15/h3-4,15H,1-2,5H2,(H,13,16). The van der Waals surface area contributed by atoms with E-state index in [9.17, 15) is 23.7 Å². The van der Waals surface area contributed by atoms with Crippen molar-refractivity contribution in [3.05, 3.63) is 33.9 Å². The molecule has 0 aliphatic heterocycles. The Morgan fingerprint density at radius 1 is 1.44 bits per heavy atom. The number of hydrogen-bond acceptors (Lipinski definition) is 4. The third kappa shape index (κ3) is 3.20. The third-order valence-electron chi connectivity index (χ3n) is 2.10. The summed E-state index contributed by atoms with van der Waals surface area (Å²) in [7, 11) is 0. The molecule has 0 spiro atoms. The Bertz CT molecular complexity index is 479. The summed E-state index contributed by atoms with van der Waals surface area (Å²) in [5.74, 6) is -3.52. The summed E-state index contributed by atoms with van der Waals surface area (Å²) < 4.78 is 26.3. The Morgan fingerprint density at radius 2 is 2.11 bits per heavy atom. The Labute approximate surface area is 100 Å². The molecule has 1 amide bonds. The van der Waals surface area contributed by atoms with E-state index in [1.165, 1.54) is 0 Å². The van der Waals surface area contributed by atoms with Crippen molar-refractivity contribution < 1.29 is 23.6 Å². The van der Waals surface area contributed by atoms with E-state index >= 15 is 0 Å². The van der Waals surface area contributed by atoms with Crippen LogP contribution in [0.1, 0.15) is 12.8 Å². The molecule has 0 unspecified atom stereocenters. The molecule has 0 atom stereocenters. The summed E-state index contributed by atoms with van der Waals surface area (Å²) in [4.78, 5) is 21.0. The zero-order valence-electron chi connectivity index (χ0n) is 9.15. The molecule has 0 bridgehead atoms. The maximum Gasteiger partial charge on any atom is 0.296 e. The van der Waals surface area contributed by atoms with Crippen LogP contribution < -0.4 is 5.32 Å². The molecule has 0 saturated carbocycles. The molecular formula is C10H10F2N2O4. The van der Waals surface area contributed by atoms with Crippen molar-refractivity contribution in [2.75, 3.05) is 11.9 Å². The molecule has 0 heterocycles. The second-order valence-corrected chi connectivity index (χ2v) is 3.39. The van der Waals surface area contributed by atoms with Gasteiger partial charge in [-0.2, -0.15) is 0 Å². The molecule has 0 aliphatic carbocycles. The van der Waals surface area contributed by atoms with Crippen LogP contribution in [0.5, 0.6) is 0 Å². The number of benzene rings is 1. The van der Waals surface area contributed by atoms with Gasteiger partial charge in [0.1, 0.15) is 0 Å². The number of nitrogens with one attached hydrogen (secondary N) is 1. The Balaban J connectivity index is 3.02. The number of hydrogen-bond donors (Lipinski definition) is 2. The first-order chi connectivity index (χ1) is 8.47. The lowest BCUT2D eigenvalue weighted by molar-refractivity contribution is -0.384. The van der Waals surface area contributed by atoms with E-state index in [4.69, 9.17) is 5.11 Å². The SMILES string of the molecule is O=C(CCCO)Nc1c([N+](=O)[O-])ccc(F)c1F. The topological polar surface area (TPSA) is 92.5 Å². The number of carbonyl (C=O) groups excluding carboxylic acids is 1. The average molecular weight is 260 g/mol. The molecule has 2 N–H and O–H groups in total. The molecule has 18 heavy (non-hydrogen) atoms. The van der Waals surface area contributed by atoms with Crippen LogP contribution in [-0.4, -0.2) is 22.5 Å². The molecule has 1 rings (SSSR count). The molecule has 0 aliphatic rings. The Morgan fingerprint density at radius 3 is 2.67 bits per heavy atom. The van der Waals surface area contributed by atoms with Crippen molar-refractivity contribution in [1.82, 2.24) is 0 Å². The fourth-order valence-corrected chi connectivity index (χ4v) is 1.25. The smallest absolute Gasteiger partial charge is 0.296 e. The summed E-state index contributed by atoms with van der Waals surface area (Å²) in [6.45, 7) is -0.249. The Kier molecular flexibility index (Phi) is 4.67. The predicted molar refractivity (Wildman–Crippen MR) is 58.0 cm³/mol. The van der Waals surface area contributed by atoms with Gasteiger partial charge in [-0.1, -0.05) is 0 Å². The van der Waals surface area contributed by atoms with Gasteiger partial charge in [-0.15, -0.1) is 0 Å². The van der Waals surface area contributed by atoms with E-state index < -0.39 is 33.8 Å². The summed E-state index contributed by atoms with van der Waals surface area (Å²) in [5.41, 5.74) is -1.53. The highest BCUT2D eigenvalue weighted by Crippen LogP contribution is 2.29. The lowest BCUT2D eigenvalue weighted by atomic mass is 10.2. The van der Waals surface area contributed by atoms with E-state index in [-0.39, 0.29) is 19.4 Å². The molecule has 0 saturated heterocycles. The maximum atomic E-state index is 13.4. The monoisotopic (exact) mass is 260 g/mol. The van der Waals surface area contributed by atoms with Gasteiger partial charge < -0.3 is 10.4 Å². The highest BCUT2D eigenvalue weighted by atomic mass is 19.2. The molecule has 6 nitrogen and oxygen atoms in total. The molecule has 1 aromatic carbocycles. The minimum atomic E-state index is -1.48. The maximum absolute atomic E-state index is 13.4. The van der Waals surface area contributed by atoms with Crippen LogP contribution in [-0.2, 0) is 4.79 Å². The van der Waals surface area contributed by atoms with Gasteiger partial charge in [-0.05, 0) is 12.5 Å². The first-order valence-electron chi connectivity index (χ1n) is 5.00. The summed E-state index contributed by atoms with van der Waals surface area (Å²) in [6, 6.07) is 1.37. The number of nitrogens with zero attached hydrogens (tertiary/aromatic N) is 1. The molecule has 98 valence electrons. The molecule has 0 aromatic heterocycles. The lowest BCUT2D eigenvalue weighted by Gasteiger charge is -2.07. The van der Waals surface area contributed by atoms with Crippen LogP contribution in [0.15, 0.2) is 12.1 Å². The van der Waals surface area contributed by atoms with Gasteiger partial charge in [0, 0.05) is 19.1 Å². The average Bonchev–Trinajstić information content (AvgIpc) is 2.32. The van der Waals surface area contributed by atoms with Crippen molar-refractivity contribution in [3.63, 3.8) is 0 Å². The van der Waals surface area contributed by atoms with Gasteiger partial charge >= 0.3 is 0 Å². The zero-order valence-corrected chi connectivity index (χ0v) is 9.15. The Hall–Kier alpha value is -2.09. The van der Waals surface area contributed by atoms with Crippen molar-refractivity contribution in [2.24, 2.45) is 0 Å². The molecule has 1 aromatic rings. The number of nitro benzene ring substituents is 1. The number of halogens is 2. The highest BCUT2D eigenvalue weighted by Gasteiger charge is 2.23. The number of aliphatic hydroxyl groups excluding tert-OH is 1. The van der Waals surface area contributed by atoms with Gasteiger partial charge in [-0.25, -0.2) is 8.78 Å². The highest BCUT2D eigenvalue weighted by molar-refractivity contribution is 5.93. The third-order valence-corrected chi connectivity index (χ3v) is 2.10. The van der Waals surface area contributed by atoms with Crippen molar-refractivity contribution in [1.29, 1.82) is 0 Å². The van der Waals surface area contributed by atoms with Crippen LogP contribution in [0, 0.1) is 21.7 Å². The molecule has 8 heteroatoms. The van der Waals surface area contributed by atoms with Gasteiger partial charge in [0.25, 0.3) is 5.69 Å². The van der Waals surface area contributed by atoms with Crippen molar-refractivity contribution in [2.45, 2.75) is 12.8 Å². The molecule has 0 fully saturated rings. The summed E-state index contributed by atoms with van der Waals surface area (Å²) in [6.07, 6.45) is -0.0276. The van der Waals surface area contributed by atoms with Crippen LogP contribution in [0.2, 0.25) is 0 Å². The fraction of sp³-hybridized carbons (Fsp3) is 0.300. The van der Waals surface area contributed by atoms with Crippen LogP contribution >= 0.6 is 0 Å². The minimum absolute atomic E-state index is 0.122.